The third kappa shape index (κ3) is 4.19. The number of ether oxygens (including phenoxy) is 1. The van der Waals surface area contributed by atoms with Crippen molar-refractivity contribution in [3.63, 3.8) is 0 Å². The number of nitrogens with two attached hydrogens (primary N) is 1. The first-order chi connectivity index (χ1) is 9.87. The minimum atomic E-state index is -0.821. The molecule has 1 fully saturated rings. The molecule has 1 aliphatic heterocycles. The van der Waals surface area contributed by atoms with Gasteiger partial charge in [-0.1, -0.05) is 0 Å². The number of piperidine rings is 1. The molecule has 1 aliphatic rings. The number of nitrogens with zero attached hydrogens (tertiary/aromatic N) is 1. The highest BCUT2D eigenvalue weighted by atomic mass is 16.5. The second-order valence-corrected chi connectivity index (χ2v) is 5.61. The topological polar surface area (TPSA) is 92.9 Å². The standard InChI is InChI=1S/C15H20N2O4/c1-15(20)7-2-8-17(10-15)14(19)11-3-5-12(6-4-11)21-9-13(16)18/h3-6,20H,2,7-10H2,1H3,(H2,16,18). The van der Waals surface area contributed by atoms with Gasteiger partial charge in [-0.3, -0.25) is 9.59 Å². The molecule has 0 aromatic heterocycles. The average molecular weight is 292 g/mol. The van der Waals surface area contributed by atoms with Crippen LogP contribution in [0.1, 0.15) is 30.1 Å². The van der Waals surface area contributed by atoms with Gasteiger partial charge in [0.2, 0.25) is 0 Å². The Balaban J connectivity index is 2.01. The number of benzene rings is 1. The molecule has 0 radical (unpaired) electrons. The Morgan fingerprint density at radius 2 is 2.05 bits per heavy atom. The van der Waals surface area contributed by atoms with Crippen molar-refractivity contribution in [2.45, 2.75) is 25.4 Å². The summed E-state index contributed by atoms with van der Waals surface area (Å²) in [4.78, 5) is 24.6. The van der Waals surface area contributed by atoms with Crippen LogP contribution in [0.2, 0.25) is 0 Å². The molecule has 2 rings (SSSR count). The Kier molecular flexibility index (Phi) is 4.47. The van der Waals surface area contributed by atoms with E-state index in [1.165, 1.54) is 0 Å². The van der Waals surface area contributed by atoms with Gasteiger partial charge >= 0.3 is 0 Å². The van der Waals surface area contributed by atoms with Crippen LogP contribution in [-0.4, -0.2) is 47.1 Å². The van der Waals surface area contributed by atoms with Crippen LogP contribution in [0.4, 0.5) is 0 Å². The van der Waals surface area contributed by atoms with Gasteiger partial charge in [-0.2, -0.15) is 0 Å². The van der Waals surface area contributed by atoms with Crippen LogP contribution in [0, 0.1) is 0 Å². The molecule has 1 atom stereocenters. The smallest absolute Gasteiger partial charge is 0.255 e. The summed E-state index contributed by atoms with van der Waals surface area (Å²) in [6.07, 6.45) is 1.50. The number of aliphatic hydroxyl groups is 1. The van der Waals surface area contributed by atoms with E-state index >= 15 is 0 Å². The third-order valence-corrected chi connectivity index (χ3v) is 3.44. The van der Waals surface area contributed by atoms with Crippen molar-refractivity contribution in [1.29, 1.82) is 0 Å². The third-order valence-electron chi connectivity index (χ3n) is 3.44. The van der Waals surface area contributed by atoms with Crippen molar-refractivity contribution in [3.05, 3.63) is 29.8 Å². The number of rotatable bonds is 4. The first-order valence-electron chi connectivity index (χ1n) is 6.90. The van der Waals surface area contributed by atoms with Gasteiger partial charge in [-0.25, -0.2) is 0 Å². The maximum atomic E-state index is 12.4. The summed E-state index contributed by atoms with van der Waals surface area (Å²) in [6.45, 7) is 2.54. The number of amides is 2. The van der Waals surface area contributed by atoms with Crippen molar-refractivity contribution in [2.24, 2.45) is 5.73 Å². The van der Waals surface area contributed by atoms with Gasteiger partial charge in [-0.15, -0.1) is 0 Å². The van der Waals surface area contributed by atoms with Gasteiger partial charge in [0.05, 0.1) is 5.60 Å². The second kappa shape index (κ2) is 6.13. The van der Waals surface area contributed by atoms with Crippen LogP contribution in [0.15, 0.2) is 24.3 Å². The number of likely N-dealkylation sites (tertiary alicyclic amines) is 1. The first kappa shape index (κ1) is 15.3. The highest BCUT2D eigenvalue weighted by Gasteiger charge is 2.31. The molecule has 1 aromatic carbocycles. The molecule has 1 aromatic rings. The van der Waals surface area contributed by atoms with Gasteiger partial charge in [0.15, 0.2) is 6.61 Å². The minimum Gasteiger partial charge on any atom is -0.484 e. The van der Waals surface area contributed by atoms with Crippen molar-refractivity contribution < 1.29 is 19.4 Å². The quantitative estimate of drug-likeness (QED) is 0.847. The molecular formula is C15H20N2O4. The van der Waals surface area contributed by atoms with Gasteiger partial charge in [0.25, 0.3) is 11.8 Å². The van der Waals surface area contributed by atoms with Gasteiger partial charge in [0.1, 0.15) is 5.75 Å². The van der Waals surface area contributed by atoms with E-state index in [1.54, 1.807) is 36.1 Å². The summed E-state index contributed by atoms with van der Waals surface area (Å²) in [7, 11) is 0. The van der Waals surface area contributed by atoms with E-state index in [2.05, 4.69) is 0 Å². The molecule has 3 N–H and O–H groups in total. The Labute approximate surface area is 123 Å². The lowest BCUT2D eigenvalue weighted by atomic mass is 9.94. The lowest BCUT2D eigenvalue weighted by molar-refractivity contribution is -0.119. The summed E-state index contributed by atoms with van der Waals surface area (Å²) >= 11 is 0. The largest absolute Gasteiger partial charge is 0.484 e. The Bertz CT molecular complexity index is 525. The molecule has 6 nitrogen and oxygen atoms in total. The molecule has 21 heavy (non-hydrogen) atoms. The SMILES string of the molecule is CC1(O)CCCN(C(=O)c2ccc(OCC(N)=O)cc2)C1. The van der Waals surface area contributed by atoms with E-state index in [4.69, 9.17) is 10.5 Å². The molecule has 2 amide bonds. The van der Waals surface area contributed by atoms with Crippen LogP contribution in [0.5, 0.6) is 5.75 Å². The minimum absolute atomic E-state index is 0.114. The summed E-state index contributed by atoms with van der Waals surface area (Å²) in [6, 6.07) is 6.53. The zero-order valence-corrected chi connectivity index (χ0v) is 12.0. The van der Waals surface area contributed by atoms with E-state index < -0.39 is 11.5 Å². The fourth-order valence-corrected chi connectivity index (χ4v) is 2.42. The molecule has 114 valence electrons. The highest BCUT2D eigenvalue weighted by molar-refractivity contribution is 5.94. The van der Waals surface area contributed by atoms with Gasteiger partial charge < -0.3 is 20.5 Å². The van der Waals surface area contributed by atoms with Crippen LogP contribution in [-0.2, 0) is 4.79 Å². The number of carbonyl (C=O) groups is 2. The molecule has 1 heterocycles. The van der Waals surface area contributed by atoms with Crippen LogP contribution in [0.3, 0.4) is 0 Å². The van der Waals surface area contributed by atoms with Crippen LogP contribution >= 0.6 is 0 Å². The zero-order chi connectivity index (χ0) is 15.5. The number of β-amino-alcohol motifs (C(OH)–C–C–N with tert-alkyl or cyclic N) is 1. The lowest BCUT2D eigenvalue weighted by Gasteiger charge is -2.36. The number of carbonyl (C=O) groups excluding carboxylic acids is 2. The maximum absolute atomic E-state index is 12.4. The van der Waals surface area contributed by atoms with Gasteiger partial charge in [0, 0.05) is 18.7 Å². The van der Waals surface area contributed by atoms with E-state index in [-0.39, 0.29) is 12.5 Å². The molecular weight excluding hydrogens is 272 g/mol. The normalized spacial score (nSPS) is 21.9. The fourth-order valence-electron chi connectivity index (χ4n) is 2.42. The number of hydrogen-bond donors (Lipinski definition) is 2. The molecule has 0 saturated carbocycles. The second-order valence-electron chi connectivity index (χ2n) is 5.61. The molecule has 1 unspecified atom stereocenters. The van der Waals surface area contributed by atoms with E-state index in [0.29, 0.717) is 30.8 Å². The average Bonchev–Trinajstić information content (AvgIpc) is 2.44. The molecule has 1 saturated heterocycles. The molecule has 0 spiro atoms. The van der Waals surface area contributed by atoms with Crippen molar-refractivity contribution in [2.75, 3.05) is 19.7 Å². The molecule has 0 bridgehead atoms. The monoisotopic (exact) mass is 292 g/mol. The van der Waals surface area contributed by atoms with Crippen LogP contribution < -0.4 is 10.5 Å². The zero-order valence-electron chi connectivity index (χ0n) is 12.0. The summed E-state index contributed by atoms with van der Waals surface area (Å²) < 4.78 is 5.14. The summed E-state index contributed by atoms with van der Waals surface area (Å²) in [5, 5.41) is 10.0. The van der Waals surface area contributed by atoms with Gasteiger partial charge in [-0.05, 0) is 44.0 Å². The van der Waals surface area contributed by atoms with Crippen LogP contribution in [0.25, 0.3) is 0 Å². The Morgan fingerprint density at radius 1 is 1.38 bits per heavy atom. The van der Waals surface area contributed by atoms with E-state index in [0.717, 1.165) is 6.42 Å². The highest BCUT2D eigenvalue weighted by Crippen LogP contribution is 2.22. The maximum Gasteiger partial charge on any atom is 0.255 e. The first-order valence-corrected chi connectivity index (χ1v) is 6.90. The predicted octanol–water partition coefficient (Wildman–Crippen LogP) is 0.538. The summed E-state index contributed by atoms with van der Waals surface area (Å²) in [5.74, 6) is -0.182. The van der Waals surface area contributed by atoms with E-state index in [1.807, 2.05) is 0 Å². The Morgan fingerprint density at radius 3 is 2.62 bits per heavy atom. The lowest BCUT2D eigenvalue weighted by Crippen LogP contribution is -2.48. The molecule has 6 heteroatoms. The predicted molar refractivity (Wildman–Crippen MR) is 76.9 cm³/mol. The Hall–Kier alpha value is -2.08. The van der Waals surface area contributed by atoms with Crippen molar-refractivity contribution in [3.8, 4) is 5.75 Å². The van der Waals surface area contributed by atoms with Crippen molar-refractivity contribution in [1.82, 2.24) is 4.90 Å². The summed E-state index contributed by atoms with van der Waals surface area (Å²) in [5.41, 5.74) is 4.70. The number of hydrogen-bond acceptors (Lipinski definition) is 4. The fraction of sp³-hybridized carbons (Fsp3) is 0.467. The van der Waals surface area contributed by atoms with Crippen molar-refractivity contribution >= 4 is 11.8 Å². The number of primary amides is 1. The molecule has 0 aliphatic carbocycles. The van der Waals surface area contributed by atoms with E-state index in [9.17, 15) is 14.7 Å².